The molecule has 2 rings (SSSR count). The van der Waals surface area contributed by atoms with Crippen LogP contribution in [0.2, 0.25) is 5.02 Å². The summed E-state index contributed by atoms with van der Waals surface area (Å²) in [6.07, 6.45) is 3.95. The maximum atomic E-state index is 11.8. The van der Waals surface area contributed by atoms with Gasteiger partial charge in [-0.15, -0.1) is 0 Å². The van der Waals surface area contributed by atoms with Gasteiger partial charge in [-0.25, -0.2) is 9.97 Å². The molecule has 2 amide bonds. The lowest BCUT2D eigenvalue weighted by Gasteiger charge is -2.21. The standard InChI is InChI=1S/C11H13ClN4O2/c12-8-4-13-9(14-5-8)6-16-11(18)7-1-2-10(17)15-3-7/h4-5,7H,1-3,6H2,(H,15,17)(H,16,18)/t7-/m0/s1. The molecule has 0 saturated carbocycles. The molecule has 0 aliphatic carbocycles. The van der Waals surface area contributed by atoms with E-state index in [0.717, 1.165) is 0 Å². The zero-order valence-electron chi connectivity index (χ0n) is 9.65. The Morgan fingerprint density at radius 3 is 2.83 bits per heavy atom. The molecular formula is C11H13ClN4O2. The van der Waals surface area contributed by atoms with Crippen molar-refractivity contribution in [2.75, 3.05) is 6.54 Å². The van der Waals surface area contributed by atoms with Crippen LogP contribution in [0.5, 0.6) is 0 Å². The fraction of sp³-hybridized carbons (Fsp3) is 0.455. The highest BCUT2D eigenvalue weighted by Crippen LogP contribution is 2.10. The Kier molecular flexibility index (Phi) is 4.09. The van der Waals surface area contributed by atoms with Gasteiger partial charge in [-0.3, -0.25) is 9.59 Å². The second-order valence-electron chi connectivity index (χ2n) is 4.07. The van der Waals surface area contributed by atoms with Gasteiger partial charge in [0.1, 0.15) is 5.82 Å². The van der Waals surface area contributed by atoms with Crippen LogP contribution in [-0.2, 0) is 16.1 Å². The SMILES string of the molecule is O=C1CC[C@H](C(=O)NCc2ncc(Cl)cn2)CN1. The van der Waals surface area contributed by atoms with E-state index in [1.54, 1.807) is 0 Å². The number of hydrogen-bond donors (Lipinski definition) is 2. The second-order valence-corrected chi connectivity index (χ2v) is 4.51. The minimum absolute atomic E-state index is 0.0000783. The molecule has 6 nitrogen and oxygen atoms in total. The van der Waals surface area contributed by atoms with Gasteiger partial charge >= 0.3 is 0 Å². The molecule has 0 unspecified atom stereocenters. The third-order valence-electron chi connectivity index (χ3n) is 2.73. The van der Waals surface area contributed by atoms with Crippen molar-refractivity contribution in [1.29, 1.82) is 0 Å². The zero-order valence-corrected chi connectivity index (χ0v) is 10.4. The van der Waals surface area contributed by atoms with Crippen LogP contribution in [0.3, 0.4) is 0 Å². The Morgan fingerprint density at radius 1 is 1.50 bits per heavy atom. The summed E-state index contributed by atoms with van der Waals surface area (Å²) in [5.74, 6) is 0.247. The first-order valence-corrected chi connectivity index (χ1v) is 6.04. The van der Waals surface area contributed by atoms with E-state index in [0.29, 0.717) is 30.2 Å². The van der Waals surface area contributed by atoms with Crippen LogP contribution < -0.4 is 10.6 Å². The second kappa shape index (κ2) is 5.77. The number of nitrogens with zero attached hydrogens (tertiary/aromatic N) is 2. The normalized spacial score (nSPS) is 19.2. The molecule has 96 valence electrons. The van der Waals surface area contributed by atoms with E-state index in [4.69, 9.17) is 11.6 Å². The Bertz CT molecular complexity index is 439. The van der Waals surface area contributed by atoms with Crippen molar-refractivity contribution in [2.24, 2.45) is 5.92 Å². The molecule has 0 radical (unpaired) electrons. The highest BCUT2D eigenvalue weighted by atomic mass is 35.5. The molecular weight excluding hydrogens is 256 g/mol. The lowest BCUT2D eigenvalue weighted by Crippen LogP contribution is -2.42. The van der Waals surface area contributed by atoms with Gasteiger partial charge in [0, 0.05) is 25.4 Å². The summed E-state index contributed by atoms with van der Waals surface area (Å²) in [4.78, 5) is 30.7. The molecule has 0 spiro atoms. The van der Waals surface area contributed by atoms with E-state index in [1.807, 2.05) is 0 Å². The summed E-state index contributed by atoms with van der Waals surface area (Å²) < 4.78 is 0. The number of rotatable bonds is 3. The number of hydrogen-bond acceptors (Lipinski definition) is 4. The molecule has 2 N–H and O–H groups in total. The van der Waals surface area contributed by atoms with Crippen LogP contribution >= 0.6 is 11.6 Å². The molecule has 1 fully saturated rings. The monoisotopic (exact) mass is 268 g/mol. The summed E-state index contributed by atoms with van der Waals surface area (Å²) in [5.41, 5.74) is 0. The van der Waals surface area contributed by atoms with E-state index in [1.165, 1.54) is 12.4 Å². The molecule has 1 aromatic rings. The fourth-order valence-electron chi connectivity index (χ4n) is 1.70. The number of carbonyl (C=O) groups excluding carboxylic acids is 2. The summed E-state index contributed by atoms with van der Waals surface area (Å²) in [6, 6.07) is 0. The van der Waals surface area contributed by atoms with E-state index < -0.39 is 0 Å². The van der Waals surface area contributed by atoms with Gasteiger partial charge in [0.15, 0.2) is 0 Å². The molecule has 7 heteroatoms. The molecule has 2 heterocycles. The van der Waals surface area contributed by atoms with Gasteiger partial charge in [-0.1, -0.05) is 11.6 Å². The van der Waals surface area contributed by atoms with E-state index in [-0.39, 0.29) is 24.3 Å². The average Bonchev–Trinajstić information content (AvgIpc) is 2.38. The predicted octanol–water partition coefficient (Wildman–Crippen LogP) is 0.272. The topological polar surface area (TPSA) is 84.0 Å². The molecule has 1 saturated heterocycles. The van der Waals surface area contributed by atoms with E-state index in [2.05, 4.69) is 20.6 Å². The molecule has 0 aromatic carbocycles. The van der Waals surface area contributed by atoms with Crippen LogP contribution in [0, 0.1) is 5.92 Å². The molecule has 1 aliphatic heterocycles. The van der Waals surface area contributed by atoms with Crippen LogP contribution in [0.25, 0.3) is 0 Å². The highest BCUT2D eigenvalue weighted by Gasteiger charge is 2.24. The lowest BCUT2D eigenvalue weighted by molar-refractivity contribution is -0.129. The molecule has 1 aromatic heterocycles. The number of halogens is 1. The van der Waals surface area contributed by atoms with Gasteiger partial charge in [-0.05, 0) is 6.42 Å². The first-order valence-electron chi connectivity index (χ1n) is 5.66. The van der Waals surface area contributed by atoms with Gasteiger partial charge in [0.05, 0.1) is 17.5 Å². The van der Waals surface area contributed by atoms with Crippen molar-refractivity contribution in [3.05, 3.63) is 23.2 Å². The first kappa shape index (κ1) is 12.8. The maximum Gasteiger partial charge on any atom is 0.225 e. The van der Waals surface area contributed by atoms with Crippen LogP contribution in [0.1, 0.15) is 18.7 Å². The number of aromatic nitrogens is 2. The summed E-state index contributed by atoms with van der Waals surface area (Å²) in [7, 11) is 0. The Hall–Kier alpha value is -1.69. The summed E-state index contributed by atoms with van der Waals surface area (Å²) in [6.45, 7) is 0.659. The Labute approximate surface area is 109 Å². The zero-order chi connectivity index (χ0) is 13.0. The van der Waals surface area contributed by atoms with Gasteiger partial charge in [0.25, 0.3) is 0 Å². The molecule has 1 atom stereocenters. The van der Waals surface area contributed by atoms with Crippen molar-refractivity contribution >= 4 is 23.4 Å². The fourth-order valence-corrected chi connectivity index (χ4v) is 1.80. The third kappa shape index (κ3) is 3.40. The minimum Gasteiger partial charge on any atom is -0.355 e. The van der Waals surface area contributed by atoms with Crippen molar-refractivity contribution in [1.82, 2.24) is 20.6 Å². The number of piperidine rings is 1. The van der Waals surface area contributed by atoms with Crippen LogP contribution in [0.15, 0.2) is 12.4 Å². The van der Waals surface area contributed by atoms with Gasteiger partial charge in [-0.2, -0.15) is 0 Å². The lowest BCUT2D eigenvalue weighted by atomic mass is 9.98. The molecule has 1 aliphatic rings. The van der Waals surface area contributed by atoms with Crippen LogP contribution in [0.4, 0.5) is 0 Å². The first-order chi connectivity index (χ1) is 8.65. The number of nitrogens with one attached hydrogen (secondary N) is 2. The maximum absolute atomic E-state index is 11.8. The van der Waals surface area contributed by atoms with Crippen LogP contribution in [-0.4, -0.2) is 28.3 Å². The van der Waals surface area contributed by atoms with Gasteiger partial charge in [0.2, 0.25) is 11.8 Å². The van der Waals surface area contributed by atoms with Crippen molar-refractivity contribution in [2.45, 2.75) is 19.4 Å². The van der Waals surface area contributed by atoms with Gasteiger partial charge < -0.3 is 10.6 Å². The number of carbonyl (C=O) groups is 2. The summed E-state index contributed by atoms with van der Waals surface area (Å²) >= 11 is 5.66. The smallest absolute Gasteiger partial charge is 0.225 e. The van der Waals surface area contributed by atoms with E-state index in [9.17, 15) is 9.59 Å². The molecule has 18 heavy (non-hydrogen) atoms. The van der Waals surface area contributed by atoms with E-state index >= 15 is 0 Å². The largest absolute Gasteiger partial charge is 0.355 e. The third-order valence-corrected chi connectivity index (χ3v) is 2.93. The average molecular weight is 269 g/mol. The number of amides is 2. The van der Waals surface area contributed by atoms with Crippen molar-refractivity contribution < 1.29 is 9.59 Å². The quantitative estimate of drug-likeness (QED) is 0.824. The summed E-state index contributed by atoms with van der Waals surface area (Å²) in [5, 5.41) is 5.87. The highest BCUT2D eigenvalue weighted by molar-refractivity contribution is 6.30. The molecule has 0 bridgehead atoms. The minimum atomic E-state index is -0.171. The predicted molar refractivity (Wildman–Crippen MR) is 64.6 cm³/mol. The Balaban J connectivity index is 1.81. The van der Waals surface area contributed by atoms with Crippen molar-refractivity contribution in [3.63, 3.8) is 0 Å². The van der Waals surface area contributed by atoms with Crippen molar-refractivity contribution in [3.8, 4) is 0 Å². The Morgan fingerprint density at radius 2 is 2.22 bits per heavy atom.